The van der Waals surface area contributed by atoms with Crippen LogP contribution in [0.1, 0.15) is 86.7 Å². The molecule has 2 fully saturated rings. The van der Waals surface area contributed by atoms with Crippen LogP contribution in [0.25, 0.3) is 11.0 Å². The van der Waals surface area contributed by atoms with Gasteiger partial charge in [-0.1, -0.05) is 39.5 Å². The minimum atomic E-state index is -0.715. The van der Waals surface area contributed by atoms with E-state index >= 15 is 0 Å². The first-order valence-electron chi connectivity index (χ1n) is 18.1. The van der Waals surface area contributed by atoms with Crippen LogP contribution in [-0.2, 0) is 19.1 Å². The first-order valence-corrected chi connectivity index (χ1v) is 18.1. The van der Waals surface area contributed by atoms with E-state index in [1.165, 1.54) is 14.2 Å². The topological polar surface area (TPSA) is 175 Å². The van der Waals surface area contributed by atoms with Crippen LogP contribution in [0.4, 0.5) is 9.59 Å². The molecule has 282 valence electrons. The molecule has 4 N–H and O–H groups in total. The largest absolute Gasteiger partial charge is 0.453 e. The van der Waals surface area contributed by atoms with Gasteiger partial charge in [-0.05, 0) is 80.0 Å². The highest BCUT2D eigenvalue weighted by molar-refractivity contribution is 5.94. The highest BCUT2D eigenvalue weighted by Crippen LogP contribution is 2.33. The summed E-state index contributed by atoms with van der Waals surface area (Å²) in [6, 6.07) is 10.9. The number of carbonyl (C=O) groups excluding carboxylic acids is 5. The number of amides is 5. The lowest BCUT2D eigenvalue weighted by Gasteiger charge is -2.30. The number of H-pyrrole nitrogens is 1. The molecule has 14 heteroatoms. The zero-order valence-corrected chi connectivity index (χ0v) is 31.2. The molecule has 3 aromatic rings. The molecule has 2 aliphatic heterocycles. The Morgan fingerprint density at radius 3 is 2.00 bits per heavy atom. The van der Waals surface area contributed by atoms with Crippen molar-refractivity contribution < 1.29 is 33.4 Å². The molecule has 2 saturated heterocycles. The predicted molar refractivity (Wildman–Crippen MR) is 198 cm³/mol. The number of hydrogen-bond donors (Lipinski definition) is 4. The van der Waals surface area contributed by atoms with Crippen molar-refractivity contribution in [2.75, 3.05) is 33.9 Å². The van der Waals surface area contributed by atoms with Crippen molar-refractivity contribution in [1.29, 1.82) is 0 Å². The zero-order valence-electron chi connectivity index (χ0n) is 31.2. The van der Waals surface area contributed by atoms with E-state index in [0.29, 0.717) is 31.0 Å². The molecule has 4 atom stereocenters. The summed E-state index contributed by atoms with van der Waals surface area (Å²) in [7, 11) is 2.54. The number of rotatable bonds is 10. The smallest absolute Gasteiger partial charge is 0.407 e. The maximum absolute atomic E-state index is 13.5. The quantitative estimate of drug-likeness (QED) is 0.226. The fourth-order valence-electron chi connectivity index (χ4n) is 6.84. The Morgan fingerprint density at radius 2 is 1.38 bits per heavy atom. The molecule has 2 aromatic carbocycles. The number of carbonyl (C=O) groups is 5. The summed E-state index contributed by atoms with van der Waals surface area (Å²) in [5.74, 6) is 6.17. The third-order valence-corrected chi connectivity index (χ3v) is 9.79. The number of alkyl carbamates (subject to hydrolysis) is 2. The van der Waals surface area contributed by atoms with E-state index in [1.807, 2.05) is 45.9 Å². The maximum atomic E-state index is 13.5. The number of benzene rings is 2. The Balaban J connectivity index is 1.19. The standard InChI is InChI=1S/C39H49N7O7/c1-23(2)32(43-38(50)52-5)36(48)45-19-7-9-28(45)22-40-35(47)27-16-13-25(14-17-27)11-12-26-15-18-29-30(21-26)42-34(41-29)31-10-8-20-46(31)37(49)33(24(3)4)44-39(51)53-6/h13-18,21,23-24,28,31-33H,7-10,19-20,22H2,1-6H3,(H,40,47)(H,41,42)(H,43,50)(H,44,51)/t28-,31-,32-,33-/m0/s1. The van der Waals surface area contributed by atoms with Crippen LogP contribution in [0.3, 0.4) is 0 Å². The second kappa shape index (κ2) is 17.3. The molecule has 0 radical (unpaired) electrons. The predicted octanol–water partition coefficient (Wildman–Crippen LogP) is 4.11. The number of nitrogens with zero attached hydrogens (tertiary/aromatic N) is 3. The van der Waals surface area contributed by atoms with Gasteiger partial charge in [0.1, 0.15) is 17.9 Å². The third-order valence-electron chi connectivity index (χ3n) is 9.79. The summed E-state index contributed by atoms with van der Waals surface area (Å²) in [5.41, 5.74) is 3.54. The summed E-state index contributed by atoms with van der Waals surface area (Å²) < 4.78 is 9.43. The third kappa shape index (κ3) is 9.27. The Labute approximate surface area is 309 Å². The van der Waals surface area contributed by atoms with E-state index < -0.39 is 24.3 Å². The molecule has 0 bridgehead atoms. The number of aromatic amines is 1. The fraction of sp³-hybridized carbons (Fsp3) is 0.487. The Kier molecular flexibility index (Phi) is 12.6. The minimum Gasteiger partial charge on any atom is -0.453 e. The van der Waals surface area contributed by atoms with Gasteiger partial charge in [0.25, 0.3) is 5.91 Å². The van der Waals surface area contributed by atoms with Crippen LogP contribution in [0.15, 0.2) is 42.5 Å². The van der Waals surface area contributed by atoms with Gasteiger partial charge in [0, 0.05) is 42.4 Å². The molecule has 1 aromatic heterocycles. The zero-order chi connectivity index (χ0) is 38.2. The van der Waals surface area contributed by atoms with Crippen LogP contribution >= 0.6 is 0 Å². The molecule has 53 heavy (non-hydrogen) atoms. The van der Waals surface area contributed by atoms with Gasteiger partial charge >= 0.3 is 12.2 Å². The SMILES string of the molecule is COC(=O)N[C@H](C(=O)N1CCC[C@H]1CNC(=O)c1ccc(C#Cc2ccc3nc([C@@H]4CCCN4C(=O)[C@@H](NC(=O)OC)C(C)C)[nH]c3c2)cc1)C(C)C. The van der Waals surface area contributed by atoms with Crippen molar-refractivity contribution in [3.05, 3.63) is 65.0 Å². The van der Waals surface area contributed by atoms with E-state index in [1.54, 1.807) is 34.1 Å². The van der Waals surface area contributed by atoms with Crippen LogP contribution in [0, 0.1) is 23.7 Å². The second-order valence-electron chi connectivity index (χ2n) is 14.1. The average molecular weight is 728 g/mol. The van der Waals surface area contributed by atoms with Gasteiger partial charge in [0.2, 0.25) is 11.8 Å². The van der Waals surface area contributed by atoms with E-state index in [0.717, 1.165) is 47.8 Å². The van der Waals surface area contributed by atoms with Crippen molar-refractivity contribution in [3.8, 4) is 11.8 Å². The summed E-state index contributed by atoms with van der Waals surface area (Å²) in [6.07, 6.45) is 1.85. The Morgan fingerprint density at radius 1 is 0.811 bits per heavy atom. The van der Waals surface area contributed by atoms with Gasteiger partial charge in [0.05, 0.1) is 31.3 Å². The first kappa shape index (κ1) is 38.6. The molecular formula is C39H49N7O7. The Bertz CT molecular complexity index is 1880. The average Bonchev–Trinajstić information content (AvgIpc) is 3.93. The van der Waals surface area contributed by atoms with Crippen LogP contribution in [-0.4, -0.2) is 102 Å². The highest BCUT2D eigenvalue weighted by Gasteiger charge is 2.38. The minimum absolute atomic E-state index is 0.123. The second-order valence-corrected chi connectivity index (χ2v) is 14.1. The van der Waals surface area contributed by atoms with Gasteiger partial charge in [0.15, 0.2) is 0 Å². The number of likely N-dealkylation sites (tertiary alicyclic amines) is 2. The molecule has 14 nitrogen and oxygen atoms in total. The summed E-state index contributed by atoms with van der Waals surface area (Å²) in [6.45, 7) is 8.92. The van der Waals surface area contributed by atoms with Crippen LogP contribution < -0.4 is 16.0 Å². The lowest BCUT2D eigenvalue weighted by Crippen LogP contribution is -2.54. The number of hydrogen-bond acceptors (Lipinski definition) is 8. The fourth-order valence-corrected chi connectivity index (χ4v) is 6.84. The monoisotopic (exact) mass is 727 g/mol. The lowest BCUT2D eigenvalue weighted by molar-refractivity contribution is -0.136. The molecule has 0 unspecified atom stereocenters. The van der Waals surface area contributed by atoms with Crippen molar-refractivity contribution in [2.45, 2.75) is 77.5 Å². The van der Waals surface area contributed by atoms with Crippen molar-refractivity contribution in [2.24, 2.45) is 11.8 Å². The molecule has 0 spiro atoms. The maximum Gasteiger partial charge on any atom is 0.407 e. The molecule has 3 heterocycles. The molecule has 0 aliphatic carbocycles. The normalized spacial score (nSPS) is 18.0. The van der Waals surface area contributed by atoms with Gasteiger partial charge in [-0.2, -0.15) is 0 Å². The van der Waals surface area contributed by atoms with E-state index in [2.05, 4.69) is 32.8 Å². The van der Waals surface area contributed by atoms with Crippen LogP contribution in [0.5, 0.6) is 0 Å². The van der Waals surface area contributed by atoms with Crippen LogP contribution in [0.2, 0.25) is 0 Å². The van der Waals surface area contributed by atoms with Gasteiger partial charge < -0.3 is 40.2 Å². The number of aromatic nitrogens is 2. The molecule has 5 amide bonds. The lowest BCUT2D eigenvalue weighted by atomic mass is 10.0. The summed E-state index contributed by atoms with van der Waals surface area (Å²) >= 11 is 0. The van der Waals surface area contributed by atoms with E-state index in [-0.39, 0.29) is 41.6 Å². The van der Waals surface area contributed by atoms with Gasteiger partial charge in [-0.15, -0.1) is 0 Å². The molecule has 0 saturated carbocycles. The molecule has 5 rings (SSSR count). The number of imidazole rings is 1. The summed E-state index contributed by atoms with van der Waals surface area (Å²) in [5, 5.41) is 8.27. The molecular weight excluding hydrogens is 678 g/mol. The highest BCUT2D eigenvalue weighted by atomic mass is 16.5. The Hall–Kier alpha value is -5.58. The van der Waals surface area contributed by atoms with E-state index in [4.69, 9.17) is 14.5 Å². The summed E-state index contributed by atoms with van der Waals surface area (Å²) in [4.78, 5) is 75.2. The van der Waals surface area contributed by atoms with Crippen molar-refractivity contribution in [3.63, 3.8) is 0 Å². The van der Waals surface area contributed by atoms with Gasteiger partial charge in [-0.25, -0.2) is 14.6 Å². The van der Waals surface area contributed by atoms with Crippen molar-refractivity contribution >= 4 is 40.9 Å². The van der Waals surface area contributed by atoms with Crippen molar-refractivity contribution in [1.82, 2.24) is 35.7 Å². The number of methoxy groups -OCH3 is 2. The van der Waals surface area contributed by atoms with Gasteiger partial charge in [-0.3, -0.25) is 14.4 Å². The number of nitrogens with one attached hydrogen (secondary N) is 4. The number of ether oxygens (including phenoxy) is 2. The molecule has 2 aliphatic rings. The van der Waals surface area contributed by atoms with E-state index in [9.17, 15) is 24.0 Å². The first-order chi connectivity index (χ1) is 25.4. The number of fused-ring (bicyclic) bond motifs is 1.